The van der Waals surface area contributed by atoms with Gasteiger partial charge < -0.3 is 9.64 Å². The molecule has 1 aliphatic heterocycles. The lowest BCUT2D eigenvalue weighted by atomic mass is 10.2. The highest BCUT2D eigenvalue weighted by Gasteiger charge is 2.28. The highest BCUT2D eigenvalue weighted by atomic mass is 35.5. The summed E-state index contributed by atoms with van der Waals surface area (Å²) in [5.41, 5.74) is 0.595. The van der Waals surface area contributed by atoms with Gasteiger partial charge >= 0.3 is 0 Å². The molecule has 110 valence electrons. The van der Waals surface area contributed by atoms with E-state index in [-0.39, 0.29) is 11.9 Å². The highest BCUT2D eigenvalue weighted by molar-refractivity contribution is 6.32. The standard InChI is InChI=1S/C15H16ClN3O2/c1-21-14-9-11(3-4-13(14)16)15(20)18-8-5-12(10-18)19-7-2-6-17-19/h2-4,6-7,9,12H,5,8,10H2,1H3. The van der Waals surface area contributed by atoms with E-state index >= 15 is 0 Å². The molecule has 5 nitrogen and oxygen atoms in total. The van der Waals surface area contributed by atoms with Crippen LogP contribution in [0.15, 0.2) is 36.7 Å². The minimum Gasteiger partial charge on any atom is -0.495 e. The van der Waals surface area contributed by atoms with Gasteiger partial charge in [0.25, 0.3) is 5.91 Å². The average molecular weight is 306 g/mol. The van der Waals surface area contributed by atoms with Gasteiger partial charge in [0, 0.05) is 31.0 Å². The van der Waals surface area contributed by atoms with Crippen LogP contribution in [-0.4, -0.2) is 40.8 Å². The summed E-state index contributed by atoms with van der Waals surface area (Å²) in [6.45, 7) is 1.40. The third kappa shape index (κ3) is 2.74. The fourth-order valence-corrected chi connectivity index (χ4v) is 2.81. The molecule has 0 aliphatic carbocycles. The molecule has 0 bridgehead atoms. The summed E-state index contributed by atoms with van der Waals surface area (Å²) in [4.78, 5) is 14.4. The molecule has 0 spiro atoms. The Kier molecular flexibility index (Phi) is 3.84. The first-order valence-electron chi connectivity index (χ1n) is 6.81. The zero-order valence-corrected chi connectivity index (χ0v) is 12.5. The summed E-state index contributed by atoms with van der Waals surface area (Å²) in [5.74, 6) is 0.518. The molecule has 1 atom stereocenters. The molecule has 1 amide bonds. The van der Waals surface area contributed by atoms with Gasteiger partial charge in [0.1, 0.15) is 5.75 Å². The molecule has 0 N–H and O–H groups in total. The number of aromatic nitrogens is 2. The molecule has 1 aromatic carbocycles. The Balaban J connectivity index is 1.74. The Hall–Kier alpha value is -2.01. The first-order chi connectivity index (χ1) is 10.2. The van der Waals surface area contributed by atoms with Crippen LogP contribution in [0, 0.1) is 0 Å². The van der Waals surface area contributed by atoms with Gasteiger partial charge in [-0.3, -0.25) is 9.48 Å². The third-order valence-corrected chi connectivity index (χ3v) is 4.06. The summed E-state index contributed by atoms with van der Waals surface area (Å²) in [6.07, 6.45) is 4.61. The van der Waals surface area contributed by atoms with E-state index < -0.39 is 0 Å². The van der Waals surface area contributed by atoms with Crippen molar-refractivity contribution < 1.29 is 9.53 Å². The third-order valence-electron chi connectivity index (χ3n) is 3.75. The molecule has 2 heterocycles. The van der Waals surface area contributed by atoms with Crippen molar-refractivity contribution >= 4 is 17.5 Å². The number of carbonyl (C=O) groups excluding carboxylic acids is 1. The summed E-state index contributed by atoms with van der Waals surface area (Å²) < 4.78 is 7.07. The fourth-order valence-electron chi connectivity index (χ4n) is 2.61. The van der Waals surface area contributed by atoms with Crippen molar-refractivity contribution in [2.24, 2.45) is 0 Å². The van der Waals surface area contributed by atoms with Crippen LogP contribution in [0.3, 0.4) is 0 Å². The number of hydrogen-bond acceptors (Lipinski definition) is 3. The van der Waals surface area contributed by atoms with Crippen LogP contribution >= 0.6 is 11.6 Å². The molecule has 1 unspecified atom stereocenters. The molecule has 1 saturated heterocycles. The number of benzene rings is 1. The SMILES string of the molecule is COc1cc(C(=O)N2CCC(n3cccn3)C2)ccc1Cl. The normalized spacial score (nSPS) is 18.0. The van der Waals surface area contributed by atoms with Crippen molar-refractivity contribution in [3.05, 3.63) is 47.2 Å². The maximum absolute atomic E-state index is 12.5. The number of rotatable bonds is 3. The van der Waals surface area contributed by atoms with E-state index in [1.54, 1.807) is 31.5 Å². The maximum Gasteiger partial charge on any atom is 0.254 e. The zero-order valence-electron chi connectivity index (χ0n) is 11.7. The molecule has 6 heteroatoms. The Morgan fingerprint density at radius 1 is 1.48 bits per heavy atom. The average Bonchev–Trinajstić information content (AvgIpc) is 3.18. The quantitative estimate of drug-likeness (QED) is 0.876. The van der Waals surface area contributed by atoms with Crippen molar-refractivity contribution in [3.63, 3.8) is 0 Å². The van der Waals surface area contributed by atoms with E-state index in [2.05, 4.69) is 5.10 Å². The van der Waals surface area contributed by atoms with Crippen LogP contribution in [0.25, 0.3) is 0 Å². The van der Waals surface area contributed by atoms with Crippen molar-refractivity contribution in [3.8, 4) is 5.75 Å². The van der Waals surface area contributed by atoms with Crippen molar-refractivity contribution in [1.82, 2.24) is 14.7 Å². The Morgan fingerprint density at radius 2 is 2.33 bits per heavy atom. The second-order valence-electron chi connectivity index (χ2n) is 5.03. The van der Waals surface area contributed by atoms with E-state index in [1.165, 1.54) is 0 Å². The molecule has 1 aliphatic rings. The van der Waals surface area contributed by atoms with Gasteiger partial charge in [-0.25, -0.2) is 0 Å². The zero-order chi connectivity index (χ0) is 14.8. The van der Waals surface area contributed by atoms with E-state index in [1.807, 2.05) is 21.8 Å². The first-order valence-corrected chi connectivity index (χ1v) is 7.19. The number of halogens is 1. The van der Waals surface area contributed by atoms with Crippen molar-refractivity contribution in [2.45, 2.75) is 12.5 Å². The number of carbonyl (C=O) groups is 1. The van der Waals surface area contributed by atoms with Gasteiger partial charge in [0.05, 0.1) is 18.2 Å². The number of hydrogen-bond donors (Lipinski definition) is 0. The Labute approximate surface area is 128 Å². The van der Waals surface area contributed by atoms with Gasteiger partial charge in [-0.15, -0.1) is 0 Å². The van der Waals surface area contributed by atoms with E-state index in [0.29, 0.717) is 22.9 Å². The van der Waals surface area contributed by atoms with Crippen LogP contribution < -0.4 is 4.74 Å². The molecule has 0 radical (unpaired) electrons. The first kappa shape index (κ1) is 13.9. The van der Waals surface area contributed by atoms with Crippen LogP contribution in [0.2, 0.25) is 5.02 Å². The van der Waals surface area contributed by atoms with E-state index in [4.69, 9.17) is 16.3 Å². The topological polar surface area (TPSA) is 47.4 Å². The molecule has 21 heavy (non-hydrogen) atoms. The van der Waals surface area contributed by atoms with Gasteiger partial charge in [0.15, 0.2) is 0 Å². The lowest BCUT2D eigenvalue weighted by molar-refractivity contribution is 0.0786. The molecule has 1 aromatic heterocycles. The number of nitrogens with zero attached hydrogens (tertiary/aromatic N) is 3. The Bertz CT molecular complexity index is 642. The lowest BCUT2D eigenvalue weighted by Gasteiger charge is -2.17. The van der Waals surface area contributed by atoms with Gasteiger partial charge in [-0.05, 0) is 30.7 Å². The second kappa shape index (κ2) is 5.77. The van der Waals surface area contributed by atoms with Gasteiger partial charge in [0.2, 0.25) is 0 Å². The van der Waals surface area contributed by atoms with Crippen molar-refractivity contribution in [2.75, 3.05) is 20.2 Å². The van der Waals surface area contributed by atoms with Gasteiger partial charge in [-0.2, -0.15) is 5.10 Å². The minimum absolute atomic E-state index is 0.000349. The lowest BCUT2D eigenvalue weighted by Crippen LogP contribution is -2.29. The molecular formula is C15H16ClN3O2. The van der Waals surface area contributed by atoms with Crippen molar-refractivity contribution in [1.29, 1.82) is 0 Å². The summed E-state index contributed by atoms with van der Waals surface area (Å²) in [5, 5.41) is 4.75. The summed E-state index contributed by atoms with van der Waals surface area (Å²) >= 11 is 5.99. The smallest absolute Gasteiger partial charge is 0.254 e. The van der Waals surface area contributed by atoms with E-state index in [0.717, 1.165) is 13.0 Å². The van der Waals surface area contributed by atoms with Crippen LogP contribution in [0.4, 0.5) is 0 Å². The predicted molar refractivity (Wildman–Crippen MR) is 79.8 cm³/mol. The summed E-state index contributed by atoms with van der Waals surface area (Å²) in [7, 11) is 1.54. The highest BCUT2D eigenvalue weighted by Crippen LogP contribution is 2.27. The monoisotopic (exact) mass is 305 g/mol. The summed E-state index contributed by atoms with van der Waals surface area (Å²) in [6, 6.07) is 7.25. The predicted octanol–water partition coefficient (Wildman–Crippen LogP) is 2.63. The molecule has 3 rings (SSSR count). The maximum atomic E-state index is 12.5. The number of methoxy groups -OCH3 is 1. The molecule has 0 saturated carbocycles. The van der Waals surface area contributed by atoms with Crippen LogP contribution in [-0.2, 0) is 0 Å². The molecular weight excluding hydrogens is 290 g/mol. The van der Waals surface area contributed by atoms with Crippen LogP contribution in [0.5, 0.6) is 5.75 Å². The number of ether oxygens (including phenoxy) is 1. The van der Waals surface area contributed by atoms with Gasteiger partial charge in [-0.1, -0.05) is 11.6 Å². The number of likely N-dealkylation sites (tertiary alicyclic amines) is 1. The minimum atomic E-state index is -0.000349. The van der Waals surface area contributed by atoms with E-state index in [9.17, 15) is 4.79 Å². The van der Waals surface area contributed by atoms with Crippen LogP contribution in [0.1, 0.15) is 22.8 Å². The molecule has 2 aromatic rings. The fraction of sp³-hybridized carbons (Fsp3) is 0.333. The molecule has 1 fully saturated rings. The number of amides is 1. The second-order valence-corrected chi connectivity index (χ2v) is 5.44. The largest absolute Gasteiger partial charge is 0.495 e. The Morgan fingerprint density at radius 3 is 3.05 bits per heavy atom.